The molecular weight excluding hydrogens is 302 g/mol. The second-order valence-electron chi connectivity index (χ2n) is 5.70. The van der Waals surface area contributed by atoms with E-state index < -0.39 is 10.0 Å². The fourth-order valence-corrected chi connectivity index (χ4v) is 2.74. The fraction of sp³-hybridized carbons (Fsp3) is 0.533. The summed E-state index contributed by atoms with van der Waals surface area (Å²) in [6.07, 6.45) is 0. The zero-order chi connectivity index (χ0) is 16.8. The molecule has 0 saturated carbocycles. The number of rotatable bonds is 8. The third-order valence-corrected chi connectivity index (χ3v) is 4.58. The van der Waals surface area contributed by atoms with Gasteiger partial charge < -0.3 is 10.2 Å². The first-order valence-corrected chi connectivity index (χ1v) is 8.71. The zero-order valence-corrected chi connectivity index (χ0v) is 14.4. The standard InChI is InChI=1S/C15H25N3O3S/c1-12(2)13-5-7-14(8-6-13)22(20,21)17-11-15(19)16-9-10-18(3)4/h5-8,12,17H,9-11H2,1-4H3,(H,16,19). The lowest BCUT2D eigenvalue weighted by Crippen LogP contribution is -2.39. The van der Waals surface area contributed by atoms with Gasteiger partial charge >= 0.3 is 0 Å². The van der Waals surface area contributed by atoms with E-state index in [0.29, 0.717) is 19.0 Å². The second-order valence-corrected chi connectivity index (χ2v) is 7.47. The number of hydrogen-bond acceptors (Lipinski definition) is 4. The van der Waals surface area contributed by atoms with Crippen LogP contribution in [0.15, 0.2) is 29.2 Å². The van der Waals surface area contributed by atoms with Crippen molar-refractivity contribution in [1.82, 2.24) is 14.9 Å². The number of nitrogens with zero attached hydrogens (tertiary/aromatic N) is 1. The maximum absolute atomic E-state index is 12.1. The Morgan fingerprint density at radius 3 is 2.27 bits per heavy atom. The molecule has 0 aliphatic rings. The van der Waals surface area contributed by atoms with Gasteiger partial charge in [0.1, 0.15) is 0 Å². The van der Waals surface area contributed by atoms with Crippen LogP contribution in [0.25, 0.3) is 0 Å². The summed E-state index contributed by atoms with van der Waals surface area (Å²) in [5.41, 5.74) is 1.07. The average molecular weight is 327 g/mol. The highest BCUT2D eigenvalue weighted by molar-refractivity contribution is 7.89. The molecule has 1 rings (SSSR count). The molecule has 0 spiro atoms. The number of benzene rings is 1. The van der Waals surface area contributed by atoms with Gasteiger partial charge in [-0.15, -0.1) is 0 Å². The molecular formula is C15H25N3O3S. The van der Waals surface area contributed by atoms with Crippen LogP contribution in [0.2, 0.25) is 0 Å². The van der Waals surface area contributed by atoms with Crippen LogP contribution in [0.3, 0.4) is 0 Å². The molecule has 7 heteroatoms. The molecule has 0 atom stereocenters. The smallest absolute Gasteiger partial charge is 0.241 e. The average Bonchev–Trinajstić information content (AvgIpc) is 2.45. The van der Waals surface area contributed by atoms with Crippen LogP contribution in [0.1, 0.15) is 25.3 Å². The van der Waals surface area contributed by atoms with Gasteiger partial charge in [0, 0.05) is 13.1 Å². The molecule has 1 amide bonds. The molecule has 0 radical (unpaired) electrons. The molecule has 0 fully saturated rings. The summed E-state index contributed by atoms with van der Waals surface area (Å²) in [6.45, 7) is 5.01. The summed E-state index contributed by atoms with van der Waals surface area (Å²) < 4.78 is 26.5. The minimum atomic E-state index is -3.66. The van der Waals surface area contributed by atoms with Gasteiger partial charge in [0.2, 0.25) is 15.9 Å². The number of hydrogen-bond donors (Lipinski definition) is 2. The number of nitrogens with one attached hydrogen (secondary N) is 2. The summed E-state index contributed by atoms with van der Waals surface area (Å²) >= 11 is 0. The van der Waals surface area contributed by atoms with Crippen LogP contribution in [-0.4, -0.2) is 53.0 Å². The SMILES string of the molecule is CC(C)c1ccc(S(=O)(=O)NCC(=O)NCCN(C)C)cc1. The highest BCUT2D eigenvalue weighted by Gasteiger charge is 2.15. The lowest BCUT2D eigenvalue weighted by molar-refractivity contribution is -0.119. The lowest BCUT2D eigenvalue weighted by Gasteiger charge is -2.11. The van der Waals surface area contributed by atoms with Crippen LogP contribution in [0, 0.1) is 0 Å². The lowest BCUT2D eigenvalue weighted by atomic mass is 10.0. The van der Waals surface area contributed by atoms with Gasteiger partial charge in [-0.05, 0) is 37.7 Å². The van der Waals surface area contributed by atoms with Crippen molar-refractivity contribution in [2.75, 3.05) is 33.7 Å². The van der Waals surface area contributed by atoms with Crippen LogP contribution < -0.4 is 10.0 Å². The van der Waals surface area contributed by atoms with Crippen molar-refractivity contribution in [3.05, 3.63) is 29.8 Å². The van der Waals surface area contributed by atoms with E-state index in [4.69, 9.17) is 0 Å². The van der Waals surface area contributed by atoms with Crippen molar-refractivity contribution in [3.63, 3.8) is 0 Å². The number of sulfonamides is 1. The molecule has 0 heterocycles. The van der Waals surface area contributed by atoms with E-state index in [-0.39, 0.29) is 17.3 Å². The van der Waals surface area contributed by atoms with E-state index >= 15 is 0 Å². The third kappa shape index (κ3) is 6.13. The Bertz CT molecular complexity index is 581. The minimum Gasteiger partial charge on any atom is -0.354 e. The first kappa shape index (κ1) is 18.6. The normalized spacial score (nSPS) is 11.9. The van der Waals surface area contributed by atoms with E-state index in [0.717, 1.165) is 5.56 Å². The molecule has 0 bridgehead atoms. The van der Waals surface area contributed by atoms with Crippen molar-refractivity contribution < 1.29 is 13.2 Å². The van der Waals surface area contributed by atoms with Gasteiger partial charge in [-0.1, -0.05) is 26.0 Å². The van der Waals surface area contributed by atoms with Gasteiger partial charge in [0.15, 0.2) is 0 Å². The summed E-state index contributed by atoms with van der Waals surface area (Å²) in [5.74, 6) is -0.00332. The van der Waals surface area contributed by atoms with Crippen LogP contribution in [0.4, 0.5) is 0 Å². The Hall–Kier alpha value is -1.44. The number of likely N-dealkylation sites (N-methyl/N-ethyl adjacent to an activating group) is 1. The first-order valence-electron chi connectivity index (χ1n) is 7.23. The Morgan fingerprint density at radius 2 is 1.77 bits per heavy atom. The van der Waals surface area contributed by atoms with E-state index in [1.165, 1.54) is 0 Å². The molecule has 22 heavy (non-hydrogen) atoms. The summed E-state index contributed by atoms with van der Waals surface area (Å²) in [6, 6.07) is 6.69. The highest BCUT2D eigenvalue weighted by Crippen LogP contribution is 2.17. The molecule has 1 aromatic rings. The van der Waals surface area contributed by atoms with Crippen molar-refractivity contribution in [2.45, 2.75) is 24.7 Å². The van der Waals surface area contributed by atoms with Gasteiger partial charge in [0.25, 0.3) is 0 Å². The van der Waals surface area contributed by atoms with Gasteiger partial charge in [-0.2, -0.15) is 0 Å². The van der Waals surface area contributed by atoms with Crippen LogP contribution in [-0.2, 0) is 14.8 Å². The number of carbonyl (C=O) groups is 1. The fourth-order valence-electron chi connectivity index (χ4n) is 1.76. The minimum absolute atomic E-state index is 0.165. The predicted octanol–water partition coefficient (Wildman–Crippen LogP) is 0.766. The predicted molar refractivity (Wildman–Crippen MR) is 87.3 cm³/mol. The van der Waals surface area contributed by atoms with Crippen molar-refractivity contribution in [3.8, 4) is 0 Å². The van der Waals surface area contributed by atoms with E-state index in [1.54, 1.807) is 24.3 Å². The Kier molecular flexibility index (Phi) is 6.99. The van der Waals surface area contributed by atoms with Crippen molar-refractivity contribution in [1.29, 1.82) is 0 Å². The van der Waals surface area contributed by atoms with Crippen LogP contribution in [0.5, 0.6) is 0 Å². The van der Waals surface area contributed by atoms with Crippen molar-refractivity contribution in [2.24, 2.45) is 0 Å². The monoisotopic (exact) mass is 327 g/mol. The largest absolute Gasteiger partial charge is 0.354 e. The number of amides is 1. The van der Waals surface area contributed by atoms with Crippen molar-refractivity contribution >= 4 is 15.9 Å². The Morgan fingerprint density at radius 1 is 1.18 bits per heavy atom. The third-order valence-electron chi connectivity index (χ3n) is 3.16. The Labute approximate surface area is 132 Å². The molecule has 0 aliphatic carbocycles. The summed E-state index contributed by atoms with van der Waals surface area (Å²) in [4.78, 5) is 13.7. The van der Waals surface area contributed by atoms with E-state index in [1.807, 2.05) is 32.8 Å². The molecule has 2 N–H and O–H groups in total. The zero-order valence-electron chi connectivity index (χ0n) is 13.6. The van der Waals surface area contributed by atoms with Crippen LogP contribution >= 0.6 is 0 Å². The van der Waals surface area contributed by atoms with Gasteiger partial charge in [-0.3, -0.25) is 4.79 Å². The molecule has 1 aromatic carbocycles. The first-order chi connectivity index (χ1) is 10.2. The molecule has 0 saturated heterocycles. The quantitative estimate of drug-likeness (QED) is 0.739. The number of carbonyl (C=O) groups excluding carboxylic acids is 1. The summed E-state index contributed by atoms with van der Waals surface area (Å²) in [5, 5.41) is 2.65. The molecule has 0 unspecified atom stereocenters. The van der Waals surface area contributed by atoms with Gasteiger partial charge in [-0.25, -0.2) is 13.1 Å². The molecule has 6 nitrogen and oxygen atoms in total. The van der Waals surface area contributed by atoms with Gasteiger partial charge in [0.05, 0.1) is 11.4 Å². The molecule has 0 aromatic heterocycles. The Balaban J connectivity index is 2.55. The maximum atomic E-state index is 12.1. The maximum Gasteiger partial charge on any atom is 0.241 e. The summed E-state index contributed by atoms with van der Waals surface area (Å²) in [7, 11) is 0.137. The molecule has 124 valence electrons. The highest BCUT2D eigenvalue weighted by atomic mass is 32.2. The topological polar surface area (TPSA) is 78.5 Å². The second kappa shape index (κ2) is 8.26. The van der Waals surface area contributed by atoms with E-state index in [9.17, 15) is 13.2 Å². The molecule has 0 aliphatic heterocycles. The van der Waals surface area contributed by atoms with E-state index in [2.05, 4.69) is 10.0 Å².